The Labute approximate surface area is 420 Å². The van der Waals surface area contributed by atoms with Gasteiger partial charge in [-0.15, -0.1) is 23.1 Å². The highest BCUT2D eigenvalue weighted by Crippen LogP contribution is 2.41. The van der Waals surface area contributed by atoms with Gasteiger partial charge in [-0.05, 0) is 74.1 Å². The molecule has 0 bridgehead atoms. The number of amides is 4. The quantitative estimate of drug-likeness (QED) is 0.0632. The first kappa shape index (κ1) is 50.5. The Kier molecular flexibility index (Phi) is 15.6. The van der Waals surface area contributed by atoms with Crippen molar-refractivity contribution >= 4 is 75.8 Å². The van der Waals surface area contributed by atoms with Crippen molar-refractivity contribution < 1.29 is 33.4 Å². The average molecular weight is 1010 g/mol. The van der Waals surface area contributed by atoms with Crippen LogP contribution in [0.1, 0.15) is 65.9 Å². The highest BCUT2D eigenvalue weighted by Gasteiger charge is 2.54. The molecule has 16 nitrogen and oxygen atoms in total. The molecule has 2 saturated heterocycles. The number of nitrogens with one attached hydrogen (secondary N) is 4. The number of likely N-dealkylation sites (tertiary alicyclic amines) is 1. The van der Waals surface area contributed by atoms with E-state index in [0.717, 1.165) is 32.8 Å². The molecule has 20 heteroatoms. The van der Waals surface area contributed by atoms with Crippen LogP contribution in [0, 0.1) is 6.92 Å². The molecule has 2 aromatic heterocycles. The Hall–Kier alpha value is -5.86. The number of aliphatic hydroxyl groups excluding tert-OH is 1. The first-order valence-electron chi connectivity index (χ1n) is 23.2. The average Bonchev–Trinajstić information content (AvgIpc) is 3.77. The number of methoxy groups -OCH3 is 1. The van der Waals surface area contributed by atoms with Crippen LogP contribution in [0.5, 0.6) is 5.75 Å². The van der Waals surface area contributed by atoms with Crippen molar-refractivity contribution in [2.24, 2.45) is 0 Å². The number of aryl methyl sites for hydroxylation is 1. The largest absolute Gasteiger partial charge is 0.495 e. The number of alkyl halides is 1. The number of carbonyl (C=O) groups excluding carboxylic acids is 4. The zero-order valence-electron chi connectivity index (χ0n) is 39.8. The van der Waals surface area contributed by atoms with Gasteiger partial charge in [0.1, 0.15) is 28.7 Å². The maximum atomic E-state index is 15.2. The van der Waals surface area contributed by atoms with Crippen molar-refractivity contribution in [1.82, 2.24) is 40.3 Å². The molecule has 5 N–H and O–H groups in total. The molecule has 3 aromatic carbocycles. The highest BCUT2D eigenvalue weighted by molar-refractivity contribution is 7.99. The van der Waals surface area contributed by atoms with E-state index in [0.29, 0.717) is 72.3 Å². The summed E-state index contributed by atoms with van der Waals surface area (Å²) in [5.74, 6) is -0.152. The van der Waals surface area contributed by atoms with Crippen LogP contribution in [0.3, 0.4) is 0 Å². The van der Waals surface area contributed by atoms with Crippen molar-refractivity contribution in [3.05, 3.63) is 111 Å². The number of benzene rings is 3. The lowest BCUT2D eigenvalue weighted by atomic mass is 10.00. The third-order valence-corrected chi connectivity index (χ3v) is 15.7. The topological polar surface area (TPSA) is 194 Å². The first-order chi connectivity index (χ1) is 33.5. The lowest BCUT2D eigenvalue weighted by Crippen LogP contribution is -2.61. The van der Waals surface area contributed by atoms with Gasteiger partial charge in [-0.25, -0.2) is 14.4 Å². The fourth-order valence-electron chi connectivity index (χ4n) is 8.56. The second kappa shape index (κ2) is 21.6. The number of ether oxygens (including phenoxy) is 1. The molecule has 2 aliphatic heterocycles. The van der Waals surface area contributed by atoms with E-state index in [1.165, 1.54) is 30.0 Å². The normalized spacial score (nSPS) is 18.2. The van der Waals surface area contributed by atoms with Crippen molar-refractivity contribution in [2.75, 3.05) is 57.5 Å². The van der Waals surface area contributed by atoms with E-state index < -0.39 is 46.3 Å². The molecule has 1 unspecified atom stereocenters. The van der Waals surface area contributed by atoms with E-state index in [4.69, 9.17) is 16.3 Å². The molecule has 1 aliphatic carbocycles. The van der Waals surface area contributed by atoms with Crippen LogP contribution in [0.15, 0.2) is 78.4 Å². The van der Waals surface area contributed by atoms with E-state index in [1.54, 1.807) is 42.1 Å². The van der Waals surface area contributed by atoms with E-state index in [9.17, 15) is 24.3 Å². The molecule has 3 fully saturated rings. The number of thioether (sulfide) groups is 1. The summed E-state index contributed by atoms with van der Waals surface area (Å²) in [4.78, 5) is 74.5. The zero-order chi connectivity index (χ0) is 49.7. The molecule has 4 heterocycles. The molecule has 0 radical (unpaired) electrons. The summed E-state index contributed by atoms with van der Waals surface area (Å²) in [5.41, 5.74) is 5.81. The standard InChI is InChI=1S/C50H58ClFN10O6S2/c1-30-41(69-29-56-30)34-12-10-31(11-13-34)24-54-44(64)39-23-36(63)27-62(39)46(66)42(58-47(67)50(52)16-17-50)49(2,3)70-28-33-8-6-32(7-9-33)26-60-18-20-61(21-19-60)45(65)35-14-15-38(40(22-35)68-5)57-48-55-25-37(51)43(53-4)59-48/h6-15,22,25,29,36,39,42,63H,16-21,23-24,26-28H2,1-5H3,(H,54,64)(H,58,67)(H2,53,55,57,59)/t36-,39+,42?/m1/s1. The van der Waals surface area contributed by atoms with Gasteiger partial charge in [0.15, 0.2) is 5.67 Å². The Morgan fingerprint density at radius 3 is 2.36 bits per heavy atom. The summed E-state index contributed by atoms with van der Waals surface area (Å²) in [7, 11) is 3.25. The fraction of sp³-hybridized carbons (Fsp3) is 0.420. The van der Waals surface area contributed by atoms with Gasteiger partial charge >= 0.3 is 0 Å². The predicted octanol–water partition coefficient (Wildman–Crippen LogP) is 6.59. The molecular formula is C50H58ClFN10O6S2. The third-order valence-electron chi connectivity index (χ3n) is 13.0. The molecular weight excluding hydrogens is 955 g/mol. The molecule has 1 saturated carbocycles. The second-order valence-electron chi connectivity index (χ2n) is 18.4. The molecule has 70 heavy (non-hydrogen) atoms. The Bertz CT molecular complexity index is 2700. The zero-order valence-corrected chi connectivity index (χ0v) is 42.1. The summed E-state index contributed by atoms with van der Waals surface area (Å²) in [6.45, 7) is 8.93. The summed E-state index contributed by atoms with van der Waals surface area (Å²) in [6.07, 6.45) is 0.740. The monoisotopic (exact) mass is 1010 g/mol. The minimum absolute atomic E-state index is 0.0347. The molecule has 3 atom stereocenters. The van der Waals surface area contributed by atoms with Crippen LogP contribution in [-0.4, -0.2) is 134 Å². The number of piperazine rings is 1. The summed E-state index contributed by atoms with van der Waals surface area (Å²) in [5, 5.41) is 22.9. The van der Waals surface area contributed by atoms with Crippen molar-refractivity contribution in [2.45, 2.75) is 87.5 Å². The number of thiazole rings is 1. The van der Waals surface area contributed by atoms with E-state index in [2.05, 4.69) is 53.3 Å². The van der Waals surface area contributed by atoms with E-state index >= 15 is 4.39 Å². The molecule has 370 valence electrons. The first-order valence-corrected chi connectivity index (χ1v) is 25.4. The Morgan fingerprint density at radius 2 is 1.70 bits per heavy atom. The predicted molar refractivity (Wildman–Crippen MR) is 271 cm³/mol. The Morgan fingerprint density at radius 1 is 1.00 bits per heavy atom. The number of halogens is 2. The van der Waals surface area contributed by atoms with Crippen LogP contribution in [-0.2, 0) is 33.2 Å². The molecule has 0 spiro atoms. The van der Waals surface area contributed by atoms with Gasteiger partial charge in [-0.3, -0.25) is 24.1 Å². The Balaban J connectivity index is 0.844. The number of hydrogen-bond acceptors (Lipinski definition) is 14. The number of carbonyl (C=O) groups is 4. The number of β-amino-alcohol motifs (C(OH)–C–C–N with tert-alkyl or cyclic N) is 1. The number of rotatable bonds is 18. The minimum atomic E-state index is -2.03. The lowest BCUT2D eigenvalue weighted by molar-refractivity contribution is -0.143. The molecule has 8 rings (SSSR count). The number of anilines is 3. The fourth-order valence-corrected chi connectivity index (χ4v) is 10.6. The van der Waals surface area contributed by atoms with Crippen molar-refractivity contribution in [1.29, 1.82) is 0 Å². The third kappa shape index (κ3) is 11.8. The SMILES string of the molecule is CNc1nc(Nc2ccc(C(=O)N3CCN(Cc4ccc(CSC(C)(C)C(NC(=O)C5(F)CC5)C(=O)N5C[C@H](O)C[C@H]5C(=O)NCc5ccc(-c6scnc6C)cc5)cc4)CC3)cc2OC)ncc1Cl. The van der Waals surface area contributed by atoms with Crippen molar-refractivity contribution in [3.8, 4) is 16.2 Å². The number of nitrogens with zero attached hydrogens (tertiary/aromatic N) is 6. The molecule has 4 amide bonds. The summed E-state index contributed by atoms with van der Waals surface area (Å²) < 4.78 is 19.8. The number of aromatic nitrogens is 3. The van der Waals surface area contributed by atoms with Crippen LogP contribution in [0.4, 0.5) is 21.8 Å². The van der Waals surface area contributed by atoms with Gasteiger partial charge in [0.05, 0.1) is 41.2 Å². The van der Waals surface area contributed by atoms with Gasteiger partial charge in [0.2, 0.25) is 17.8 Å². The molecule has 5 aromatic rings. The van der Waals surface area contributed by atoms with E-state index in [-0.39, 0.29) is 38.3 Å². The summed E-state index contributed by atoms with van der Waals surface area (Å²) >= 11 is 9.13. The van der Waals surface area contributed by atoms with Crippen molar-refractivity contribution in [3.63, 3.8) is 0 Å². The summed E-state index contributed by atoms with van der Waals surface area (Å²) in [6, 6.07) is 19.1. The highest BCUT2D eigenvalue weighted by atomic mass is 35.5. The smallest absolute Gasteiger partial charge is 0.258 e. The minimum Gasteiger partial charge on any atom is -0.495 e. The van der Waals surface area contributed by atoms with Gasteiger partial charge in [0.25, 0.3) is 11.8 Å². The van der Waals surface area contributed by atoms with Gasteiger partial charge < -0.3 is 40.9 Å². The number of hydrogen-bond donors (Lipinski definition) is 5. The maximum absolute atomic E-state index is 15.2. The number of aliphatic hydroxyl groups is 1. The second-order valence-corrected chi connectivity index (χ2v) is 21.3. The van der Waals surface area contributed by atoms with Crippen LogP contribution in [0.25, 0.3) is 10.4 Å². The lowest BCUT2D eigenvalue weighted by Gasteiger charge is -2.37. The van der Waals surface area contributed by atoms with Crippen LogP contribution >= 0.6 is 34.7 Å². The van der Waals surface area contributed by atoms with E-state index in [1.807, 2.05) is 62.1 Å². The molecule has 3 aliphatic rings. The van der Waals surface area contributed by atoms with Gasteiger partial charge in [0, 0.05) is 75.3 Å². The van der Waals surface area contributed by atoms with Crippen LogP contribution in [0.2, 0.25) is 5.02 Å². The van der Waals surface area contributed by atoms with Crippen LogP contribution < -0.4 is 26.0 Å². The maximum Gasteiger partial charge on any atom is 0.258 e. The van der Waals surface area contributed by atoms with Gasteiger partial charge in [-0.1, -0.05) is 60.1 Å². The van der Waals surface area contributed by atoms with Gasteiger partial charge in [-0.2, -0.15) is 4.98 Å².